The van der Waals surface area contributed by atoms with Crippen molar-refractivity contribution in [1.29, 1.82) is 0 Å². The predicted molar refractivity (Wildman–Crippen MR) is 82.4 cm³/mol. The minimum absolute atomic E-state index is 0.586. The Hall–Kier alpha value is -1.24. The lowest BCUT2D eigenvalue weighted by molar-refractivity contribution is 0.143. The van der Waals surface area contributed by atoms with E-state index in [0.717, 1.165) is 44.3 Å². The number of piperidine rings is 1. The maximum absolute atomic E-state index is 5.26. The molecule has 0 amide bonds. The molecule has 1 atom stereocenters. The van der Waals surface area contributed by atoms with Crippen LogP contribution in [-0.4, -0.2) is 57.0 Å². The van der Waals surface area contributed by atoms with Crippen molar-refractivity contribution in [2.45, 2.75) is 19.4 Å². The third-order valence-electron chi connectivity index (χ3n) is 3.71. The number of ether oxygens (including phenoxy) is 2. The summed E-state index contributed by atoms with van der Waals surface area (Å²) in [5.41, 5.74) is 1.10. The summed E-state index contributed by atoms with van der Waals surface area (Å²) in [5, 5.41) is 3.29. The normalized spacial score (nSPS) is 19.0. The molecule has 1 fully saturated rings. The van der Waals surface area contributed by atoms with Gasteiger partial charge in [0.05, 0.1) is 13.2 Å². The molecule has 0 spiro atoms. The molecule has 0 bridgehead atoms. The summed E-state index contributed by atoms with van der Waals surface area (Å²) >= 11 is 0. The first-order valence-corrected chi connectivity index (χ1v) is 7.58. The van der Waals surface area contributed by atoms with Crippen LogP contribution in [0.3, 0.4) is 0 Å². The van der Waals surface area contributed by atoms with Gasteiger partial charge in [-0.1, -0.05) is 0 Å². The van der Waals surface area contributed by atoms with E-state index in [1.807, 2.05) is 12.4 Å². The van der Waals surface area contributed by atoms with Crippen molar-refractivity contribution in [3.63, 3.8) is 0 Å². The Morgan fingerprint density at radius 1 is 1.29 bits per heavy atom. The molecule has 0 radical (unpaired) electrons. The van der Waals surface area contributed by atoms with Gasteiger partial charge in [-0.15, -0.1) is 0 Å². The van der Waals surface area contributed by atoms with Crippen LogP contribution in [0, 0.1) is 5.92 Å². The Bertz CT molecular complexity index is 397. The van der Waals surface area contributed by atoms with Gasteiger partial charge >= 0.3 is 0 Å². The molecule has 1 unspecified atom stereocenters. The Labute approximate surface area is 126 Å². The van der Waals surface area contributed by atoms with E-state index in [2.05, 4.69) is 20.2 Å². The highest BCUT2D eigenvalue weighted by atomic mass is 16.5. The monoisotopic (exact) mass is 294 g/mol. The van der Waals surface area contributed by atoms with Gasteiger partial charge in [0.25, 0.3) is 0 Å². The van der Waals surface area contributed by atoms with Crippen LogP contribution in [0.5, 0.6) is 0 Å². The molecule has 6 heteroatoms. The van der Waals surface area contributed by atoms with Crippen LogP contribution in [0.2, 0.25) is 0 Å². The SMILES string of the molecule is COCCNCc1cnc(N2CCCC(COC)C2)nc1. The summed E-state index contributed by atoms with van der Waals surface area (Å²) in [6.07, 6.45) is 6.22. The summed E-state index contributed by atoms with van der Waals surface area (Å²) in [4.78, 5) is 11.3. The van der Waals surface area contributed by atoms with Crippen molar-refractivity contribution in [1.82, 2.24) is 15.3 Å². The van der Waals surface area contributed by atoms with Crippen LogP contribution >= 0.6 is 0 Å². The minimum atomic E-state index is 0.586. The summed E-state index contributed by atoms with van der Waals surface area (Å²) in [6, 6.07) is 0. The highest BCUT2D eigenvalue weighted by Gasteiger charge is 2.21. The summed E-state index contributed by atoms with van der Waals surface area (Å²) in [6.45, 7) is 5.16. The van der Waals surface area contributed by atoms with E-state index in [0.29, 0.717) is 12.5 Å². The second-order valence-electron chi connectivity index (χ2n) is 5.47. The second-order valence-corrected chi connectivity index (χ2v) is 5.47. The molecule has 1 aromatic heterocycles. The lowest BCUT2D eigenvalue weighted by Crippen LogP contribution is -2.38. The smallest absolute Gasteiger partial charge is 0.225 e. The topological polar surface area (TPSA) is 59.5 Å². The lowest BCUT2D eigenvalue weighted by Gasteiger charge is -2.32. The van der Waals surface area contributed by atoms with Crippen molar-refractivity contribution in [3.05, 3.63) is 18.0 Å². The molecule has 1 aliphatic rings. The van der Waals surface area contributed by atoms with Gasteiger partial charge in [0, 0.05) is 58.4 Å². The maximum Gasteiger partial charge on any atom is 0.225 e. The van der Waals surface area contributed by atoms with Gasteiger partial charge < -0.3 is 19.7 Å². The first-order valence-electron chi connectivity index (χ1n) is 7.58. The van der Waals surface area contributed by atoms with E-state index in [1.165, 1.54) is 12.8 Å². The highest BCUT2D eigenvalue weighted by molar-refractivity contribution is 5.30. The number of anilines is 1. The van der Waals surface area contributed by atoms with E-state index in [-0.39, 0.29) is 0 Å². The second kappa shape index (κ2) is 8.92. The third-order valence-corrected chi connectivity index (χ3v) is 3.71. The first kappa shape index (κ1) is 16.1. The average Bonchev–Trinajstić information content (AvgIpc) is 2.53. The fourth-order valence-electron chi connectivity index (χ4n) is 2.63. The van der Waals surface area contributed by atoms with E-state index in [9.17, 15) is 0 Å². The molecule has 1 aliphatic heterocycles. The largest absolute Gasteiger partial charge is 0.384 e. The Morgan fingerprint density at radius 3 is 2.81 bits per heavy atom. The molecule has 2 rings (SSSR count). The van der Waals surface area contributed by atoms with E-state index in [1.54, 1.807) is 14.2 Å². The number of hydrogen-bond donors (Lipinski definition) is 1. The molecule has 2 heterocycles. The number of rotatable bonds is 8. The van der Waals surface area contributed by atoms with Crippen LogP contribution in [0.1, 0.15) is 18.4 Å². The van der Waals surface area contributed by atoms with Crippen LogP contribution in [0.4, 0.5) is 5.95 Å². The van der Waals surface area contributed by atoms with Crippen molar-refractivity contribution < 1.29 is 9.47 Å². The number of hydrogen-bond acceptors (Lipinski definition) is 6. The predicted octanol–water partition coefficient (Wildman–Crippen LogP) is 1.08. The number of nitrogens with one attached hydrogen (secondary N) is 1. The fraction of sp³-hybridized carbons (Fsp3) is 0.733. The first-order chi connectivity index (χ1) is 10.3. The zero-order valence-electron chi connectivity index (χ0n) is 13.0. The van der Waals surface area contributed by atoms with E-state index in [4.69, 9.17) is 9.47 Å². The van der Waals surface area contributed by atoms with Gasteiger partial charge in [-0.3, -0.25) is 0 Å². The Kier molecular flexibility index (Phi) is 6.85. The van der Waals surface area contributed by atoms with Gasteiger partial charge in [-0.05, 0) is 18.8 Å². The van der Waals surface area contributed by atoms with Crippen molar-refractivity contribution in [2.24, 2.45) is 5.92 Å². The zero-order chi connectivity index (χ0) is 14.9. The van der Waals surface area contributed by atoms with Crippen LogP contribution < -0.4 is 10.2 Å². The molecule has 1 aromatic rings. The van der Waals surface area contributed by atoms with Crippen molar-refractivity contribution >= 4 is 5.95 Å². The summed E-state index contributed by atoms with van der Waals surface area (Å²) in [7, 11) is 3.47. The number of aromatic nitrogens is 2. The van der Waals surface area contributed by atoms with Gasteiger partial charge in [0.1, 0.15) is 0 Å². The molecule has 21 heavy (non-hydrogen) atoms. The van der Waals surface area contributed by atoms with Gasteiger partial charge in [-0.2, -0.15) is 0 Å². The summed E-state index contributed by atoms with van der Waals surface area (Å²) in [5.74, 6) is 1.42. The molecule has 0 aliphatic carbocycles. The van der Waals surface area contributed by atoms with Gasteiger partial charge in [-0.25, -0.2) is 9.97 Å². The molecular weight excluding hydrogens is 268 g/mol. The molecule has 1 N–H and O–H groups in total. The quantitative estimate of drug-likeness (QED) is 0.724. The minimum Gasteiger partial charge on any atom is -0.384 e. The molecule has 118 valence electrons. The van der Waals surface area contributed by atoms with Gasteiger partial charge in [0.2, 0.25) is 5.95 Å². The third kappa shape index (κ3) is 5.22. The Balaban J connectivity index is 1.83. The standard InChI is InChI=1S/C15H26N4O2/c1-20-7-5-16-8-14-9-17-15(18-10-14)19-6-3-4-13(11-19)12-21-2/h9-10,13,16H,3-8,11-12H2,1-2H3. The van der Waals surface area contributed by atoms with Crippen LogP contribution in [-0.2, 0) is 16.0 Å². The van der Waals surface area contributed by atoms with Crippen LogP contribution in [0.25, 0.3) is 0 Å². The zero-order valence-corrected chi connectivity index (χ0v) is 13.0. The highest BCUT2D eigenvalue weighted by Crippen LogP contribution is 2.20. The number of nitrogens with zero attached hydrogens (tertiary/aromatic N) is 3. The van der Waals surface area contributed by atoms with Gasteiger partial charge in [0.15, 0.2) is 0 Å². The Morgan fingerprint density at radius 2 is 2.10 bits per heavy atom. The molecule has 6 nitrogen and oxygen atoms in total. The molecule has 1 saturated heterocycles. The fourth-order valence-corrected chi connectivity index (χ4v) is 2.63. The van der Waals surface area contributed by atoms with E-state index < -0.39 is 0 Å². The maximum atomic E-state index is 5.26. The van der Waals surface area contributed by atoms with Crippen molar-refractivity contribution in [2.75, 3.05) is 52.0 Å². The molecular formula is C15H26N4O2. The van der Waals surface area contributed by atoms with Crippen LogP contribution in [0.15, 0.2) is 12.4 Å². The van der Waals surface area contributed by atoms with Crippen molar-refractivity contribution in [3.8, 4) is 0 Å². The number of methoxy groups -OCH3 is 2. The lowest BCUT2D eigenvalue weighted by atomic mass is 9.99. The molecule has 0 saturated carbocycles. The molecule has 0 aromatic carbocycles. The van der Waals surface area contributed by atoms with E-state index >= 15 is 0 Å². The summed E-state index contributed by atoms with van der Waals surface area (Å²) < 4.78 is 10.3. The average molecular weight is 294 g/mol.